The zero-order valence-electron chi connectivity index (χ0n) is 8.25. The van der Waals surface area contributed by atoms with Gasteiger partial charge in [0, 0.05) is 5.56 Å². The standard InChI is InChI=1S/C10H8BrF2NO2/c1-14-9(15)10(12,13)6-3-4-7(11)8(5-6)16-2/h3-5,9,15H,2H3. The van der Waals surface area contributed by atoms with Gasteiger partial charge in [-0.25, -0.2) is 6.57 Å². The molecular formula is C10H8BrF2NO2. The summed E-state index contributed by atoms with van der Waals surface area (Å²) in [4.78, 5) is 2.42. The van der Waals surface area contributed by atoms with E-state index < -0.39 is 17.7 Å². The van der Waals surface area contributed by atoms with Crippen LogP contribution in [0.15, 0.2) is 22.7 Å². The van der Waals surface area contributed by atoms with Crippen LogP contribution >= 0.6 is 15.9 Å². The fourth-order valence-corrected chi connectivity index (χ4v) is 1.51. The van der Waals surface area contributed by atoms with Crippen LogP contribution in [-0.4, -0.2) is 18.4 Å². The first-order valence-electron chi connectivity index (χ1n) is 4.20. The molecule has 0 heterocycles. The maximum atomic E-state index is 13.5. The minimum Gasteiger partial charge on any atom is -0.496 e. The molecule has 6 heteroatoms. The fourth-order valence-electron chi connectivity index (χ4n) is 1.10. The number of halogens is 3. The molecule has 1 N–H and O–H groups in total. The number of alkyl halides is 2. The Balaban J connectivity index is 3.19. The van der Waals surface area contributed by atoms with Crippen LogP contribution in [0.4, 0.5) is 8.78 Å². The number of ether oxygens (including phenoxy) is 1. The van der Waals surface area contributed by atoms with Gasteiger partial charge in [-0.2, -0.15) is 8.78 Å². The van der Waals surface area contributed by atoms with Gasteiger partial charge < -0.3 is 9.84 Å². The Morgan fingerprint density at radius 3 is 2.69 bits per heavy atom. The average molecular weight is 292 g/mol. The highest BCUT2D eigenvalue weighted by atomic mass is 79.9. The van der Waals surface area contributed by atoms with E-state index in [0.717, 1.165) is 12.1 Å². The molecule has 0 aliphatic heterocycles. The predicted octanol–water partition coefficient (Wildman–Crippen LogP) is 2.79. The van der Waals surface area contributed by atoms with E-state index in [4.69, 9.17) is 16.4 Å². The first-order valence-corrected chi connectivity index (χ1v) is 4.99. The fraction of sp³-hybridized carbons (Fsp3) is 0.300. The molecule has 1 aromatic rings. The normalized spacial score (nSPS) is 13.0. The van der Waals surface area contributed by atoms with Crippen LogP contribution in [0.2, 0.25) is 0 Å². The molecule has 0 saturated carbocycles. The number of hydrogen-bond acceptors (Lipinski definition) is 2. The third-order valence-electron chi connectivity index (χ3n) is 1.98. The van der Waals surface area contributed by atoms with Crippen molar-refractivity contribution in [1.82, 2.24) is 0 Å². The highest BCUT2D eigenvalue weighted by Gasteiger charge is 2.46. The second kappa shape index (κ2) is 4.76. The quantitative estimate of drug-likeness (QED) is 0.869. The monoisotopic (exact) mass is 291 g/mol. The maximum Gasteiger partial charge on any atom is 0.393 e. The molecule has 0 fully saturated rings. The number of aliphatic hydroxyl groups excluding tert-OH is 1. The Bertz CT molecular complexity index is 431. The lowest BCUT2D eigenvalue weighted by Crippen LogP contribution is -2.27. The van der Waals surface area contributed by atoms with Crippen molar-refractivity contribution in [2.75, 3.05) is 7.11 Å². The van der Waals surface area contributed by atoms with Crippen LogP contribution in [0.3, 0.4) is 0 Å². The summed E-state index contributed by atoms with van der Waals surface area (Å²) in [5, 5.41) is 8.92. The molecule has 0 radical (unpaired) electrons. The number of rotatable bonds is 3. The topological polar surface area (TPSA) is 33.8 Å². The zero-order chi connectivity index (χ0) is 12.3. The third kappa shape index (κ3) is 2.31. The van der Waals surface area contributed by atoms with Gasteiger partial charge in [-0.05, 0) is 28.1 Å². The van der Waals surface area contributed by atoms with Gasteiger partial charge in [-0.1, -0.05) is 6.07 Å². The largest absolute Gasteiger partial charge is 0.496 e. The molecule has 1 rings (SSSR count). The molecular weight excluding hydrogens is 284 g/mol. The van der Waals surface area contributed by atoms with E-state index in [1.54, 1.807) is 0 Å². The summed E-state index contributed by atoms with van der Waals surface area (Å²) in [5.74, 6) is -3.40. The van der Waals surface area contributed by atoms with Crippen molar-refractivity contribution in [3.63, 3.8) is 0 Å². The summed E-state index contributed by atoms with van der Waals surface area (Å²) >= 11 is 3.12. The summed E-state index contributed by atoms with van der Waals surface area (Å²) in [6.45, 7) is 6.41. The van der Waals surface area contributed by atoms with Gasteiger partial charge in [0.15, 0.2) is 0 Å². The molecule has 0 aromatic heterocycles. The molecule has 0 amide bonds. The van der Waals surface area contributed by atoms with Gasteiger partial charge >= 0.3 is 12.2 Å². The van der Waals surface area contributed by atoms with Crippen molar-refractivity contribution in [2.24, 2.45) is 0 Å². The average Bonchev–Trinajstić information content (AvgIpc) is 2.28. The highest BCUT2D eigenvalue weighted by molar-refractivity contribution is 9.10. The molecule has 16 heavy (non-hydrogen) atoms. The minimum absolute atomic E-state index is 0.217. The molecule has 86 valence electrons. The first kappa shape index (κ1) is 12.9. The Labute approximate surface area is 99.6 Å². The van der Waals surface area contributed by atoms with Crippen molar-refractivity contribution in [1.29, 1.82) is 0 Å². The van der Waals surface area contributed by atoms with Crippen molar-refractivity contribution >= 4 is 15.9 Å². The smallest absolute Gasteiger partial charge is 0.393 e. The van der Waals surface area contributed by atoms with Crippen LogP contribution in [0.5, 0.6) is 5.75 Å². The van der Waals surface area contributed by atoms with Crippen molar-refractivity contribution in [3.8, 4) is 5.75 Å². The lowest BCUT2D eigenvalue weighted by molar-refractivity contribution is -0.0940. The maximum absolute atomic E-state index is 13.5. The van der Waals surface area contributed by atoms with Gasteiger partial charge in [0.2, 0.25) is 0 Å². The van der Waals surface area contributed by atoms with Crippen molar-refractivity contribution in [2.45, 2.75) is 12.2 Å². The molecule has 0 aliphatic carbocycles. The van der Waals surface area contributed by atoms with E-state index in [2.05, 4.69) is 20.8 Å². The Morgan fingerprint density at radius 1 is 1.56 bits per heavy atom. The minimum atomic E-state index is -3.62. The van der Waals surface area contributed by atoms with Gasteiger partial charge in [-0.3, -0.25) is 4.85 Å². The summed E-state index contributed by atoms with van der Waals surface area (Å²) < 4.78 is 32.3. The Hall–Kier alpha value is -1.19. The summed E-state index contributed by atoms with van der Waals surface area (Å²) in [7, 11) is 1.34. The number of methoxy groups -OCH3 is 1. The number of hydrogen-bond donors (Lipinski definition) is 1. The Kier molecular flexibility index (Phi) is 3.83. The van der Waals surface area contributed by atoms with E-state index in [9.17, 15) is 8.78 Å². The van der Waals surface area contributed by atoms with E-state index in [-0.39, 0.29) is 5.75 Å². The van der Waals surface area contributed by atoms with Crippen LogP contribution in [0.1, 0.15) is 5.56 Å². The van der Waals surface area contributed by atoms with Crippen molar-refractivity contribution in [3.05, 3.63) is 39.7 Å². The molecule has 1 atom stereocenters. The highest BCUT2D eigenvalue weighted by Crippen LogP contribution is 2.36. The van der Waals surface area contributed by atoms with Gasteiger partial charge in [-0.15, -0.1) is 0 Å². The van der Waals surface area contributed by atoms with Crippen LogP contribution < -0.4 is 4.74 Å². The van der Waals surface area contributed by atoms with E-state index in [1.807, 2.05) is 0 Å². The second-order valence-electron chi connectivity index (χ2n) is 2.98. The lowest BCUT2D eigenvalue weighted by Gasteiger charge is -2.15. The van der Waals surface area contributed by atoms with E-state index in [0.29, 0.717) is 4.47 Å². The third-order valence-corrected chi connectivity index (χ3v) is 2.64. The summed E-state index contributed by atoms with van der Waals surface area (Å²) in [5.41, 5.74) is -0.462. The van der Waals surface area contributed by atoms with E-state index >= 15 is 0 Å². The summed E-state index contributed by atoms with van der Waals surface area (Å²) in [6, 6.07) is 3.58. The van der Waals surface area contributed by atoms with Crippen LogP contribution in [0.25, 0.3) is 4.85 Å². The molecule has 0 bridgehead atoms. The second-order valence-corrected chi connectivity index (χ2v) is 3.83. The number of nitrogens with zero attached hydrogens (tertiary/aromatic N) is 1. The van der Waals surface area contributed by atoms with Gasteiger partial charge in [0.1, 0.15) is 5.75 Å². The first-order chi connectivity index (χ1) is 7.43. The molecule has 3 nitrogen and oxygen atoms in total. The van der Waals surface area contributed by atoms with Crippen LogP contribution in [0, 0.1) is 6.57 Å². The van der Waals surface area contributed by atoms with Crippen LogP contribution in [-0.2, 0) is 5.92 Å². The van der Waals surface area contributed by atoms with Gasteiger partial charge in [0.05, 0.1) is 11.6 Å². The number of aliphatic hydroxyl groups is 1. The van der Waals surface area contributed by atoms with Gasteiger partial charge in [0.25, 0.3) is 0 Å². The lowest BCUT2D eigenvalue weighted by atomic mass is 10.1. The molecule has 1 aromatic carbocycles. The zero-order valence-corrected chi connectivity index (χ0v) is 9.83. The molecule has 0 saturated heterocycles. The molecule has 0 aliphatic rings. The van der Waals surface area contributed by atoms with E-state index in [1.165, 1.54) is 13.2 Å². The molecule has 0 spiro atoms. The Morgan fingerprint density at radius 2 is 2.19 bits per heavy atom. The predicted molar refractivity (Wildman–Crippen MR) is 57.2 cm³/mol. The summed E-state index contributed by atoms with van der Waals surface area (Å²) in [6.07, 6.45) is -2.39. The molecule has 1 unspecified atom stereocenters. The van der Waals surface area contributed by atoms with Crippen molar-refractivity contribution < 1.29 is 18.6 Å². The SMILES string of the molecule is [C-]#[N+]C(O)C(F)(F)c1ccc(Br)c(OC)c1. The number of benzene rings is 1.